The van der Waals surface area contributed by atoms with Gasteiger partial charge in [-0.25, -0.2) is 9.97 Å². The fourth-order valence-electron chi connectivity index (χ4n) is 3.96. The average Bonchev–Trinajstić information content (AvgIpc) is 2.94. The summed E-state index contributed by atoms with van der Waals surface area (Å²) in [5, 5.41) is 3.62. The van der Waals surface area contributed by atoms with Crippen LogP contribution in [0.2, 0.25) is 0 Å². The van der Waals surface area contributed by atoms with Crippen molar-refractivity contribution in [3.8, 4) is 11.1 Å². The van der Waals surface area contributed by atoms with Crippen LogP contribution < -0.4 is 5.32 Å². The number of fused-ring (bicyclic) bond motifs is 3. The standard InChI is InChI=1S/C22H32N4/c1-7-20-24-19-13-17-12-16(6)8-9-18(17)21(19)22(25-20)23-10-11-26(14(2)3)15(4)5/h8-9,12,14-15H,7,10-11,13H2,1-6H3,(H,23,24,25). The Hall–Kier alpha value is -1.94. The van der Waals surface area contributed by atoms with E-state index in [9.17, 15) is 0 Å². The molecule has 0 atom stereocenters. The number of rotatable bonds is 7. The van der Waals surface area contributed by atoms with Crippen LogP contribution in [0, 0.1) is 6.92 Å². The summed E-state index contributed by atoms with van der Waals surface area (Å²) >= 11 is 0. The molecule has 0 bridgehead atoms. The molecule has 0 saturated carbocycles. The first-order chi connectivity index (χ1) is 12.4. The van der Waals surface area contributed by atoms with E-state index in [0.29, 0.717) is 12.1 Å². The van der Waals surface area contributed by atoms with Crippen LogP contribution in [0.3, 0.4) is 0 Å². The van der Waals surface area contributed by atoms with Gasteiger partial charge in [0.15, 0.2) is 0 Å². The summed E-state index contributed by atoms with van der Waals surface area (Å²) in [5.74, 6) is 1.93. The predicted octanol–water partition coefficient (Wildman–Crippen LogP) is 4.45. The SMILES string of the molecule is CCc1nc2c(c(NCCN(C(C)C)C(C)C)n1)-c1ccc(C)cc1C2. The Kier molecular flexibility index (Phi) is 5.61. The third-order valence-corrected chi connectivity index (χ3v) is 5.22. The lowest BCUT2D eigenvalue weighted by molar-refractivity contribution is 0.182. The number of aromatic nitrogens is 2. The molecule has 0 saturated heterocycles. The van der Waals surface area contributed by atoms with Gasteiger partial charge in [0.1, 0.15) is 11.6 Å². The molecule has 4 heteroatoms. The second kappa shape index (κ2) is 7.75. The highest BCUT2D eigenvalue weighted by atomic mass is 15.2. The molecule has 0 radical (unpaired) electrons. The maximum atomic E-state index is 4.83. The van der Waals surface area contributed by atoms with Gasteiger partial charge in [0.25, 0.3) is 0 Å². The second-order valence-electron chi connectivity index (χ2n) is 7.85. The topological polar surface area (TPSA) is 41.1 Å². The van der Waals surface area contributed by atoms with Gasteiger partial charge in [0.2, 0.25) is 0 Å². The van der Waals surface area contributed by atoms with E-state index in [0.717, 1.165) is 37.6 Å². The van der Waals surface area contributed by atoms with E-state index in [1.54, 1.807) is 0 Å². The quantitative estimate of drug-likeness (QED) is 0.682. The van der Waals surface area contributed by atoms with Crippen LogP contribution in [0.15, 0.2) is 18.2 Å². The van der Waals surface area contributed by atoms with Gasteiger partial charge in [-0.05, 0) is 45.7 Å². The zero-order chi connectivity index (χ0) is 18.8. The van der Waals surface area contributed by atoms with Gasteiger partial charge in [-0.3, -0.25) is 4.90 Å². The molecule has 1 heterocycles. The molecule has 0 amide bonds. The van der Waals surface area contributed by atoms with Crippen molar-refractivity contribution in [1.82, 2.24) is 14.9 Å². The van der Waals surface area contributed by atoms with Crippen molar-refractivity contribution in [2.24, 2.45) is 0 Å². The molecule has 1 aromatic heterocycles. The first kappa shape index (κ1) is 18.8. The van der Waals surface area contributed by atoms with Crippen LogP contribution in [0.5, 0.6) is 0 Å². The highest BCUT2D eigenvalue weighted by Crippen LogP contribution is 2.40. The van der Waals surface area contributed by atoms with Crippen LogP contribution in [0.25, 0.3) is 11.1 Å². The summed E-state index contributed by atoms with van der Waals surface area (Å²) < 4.78 is 0. The maximum absolute atomic E-state index is 4.83. The lowest BCUT2D eigenvalue weighted by Crippen LogP contribution is -2.40. The predicted molar refractivity (Wildman–Crippen MR) is 110 cm³/mol. The van der Waals surface area contributed by atoms with Gasteiger partial charge in [-0.2, -0.15) is 0 Å². The minimum atomic E-state index is 0.544. The molecule has 1 aliphatic rings. The molecule has 26 heavy (non-hydrogen) atoms. The molecule has 140 valence electrons. The Bertz CT molecular complexity index is 772. The first-order valence-corrected chi connectivity index (χ1v) is 9.90. The lowest BCUT2D eigenvalue weighted by Gasteiger charge is -2.30. The van der Waals surface area contributed by atoms with Gasteiger partial charge in [-0.15, -0.1) is 0 Å². The number of benzene rings is 1. The Balaban J connectivity index is 1.86. The van der Waals surface area contributed by atoms with Crippen molar-refractivity contribution in [1.29, 1.82) is 0 Å². The molecule has 3 rings (SSSR count). The highest BCUT2D eigenvalue weighted by molar-refractivity contribution is 5.84. The summed E-state index contributed by atoms with van der Waals surface area (Å²) in [6, 6.07) is 7.78. The Morgan fingerprint density at radius 1 is 1.12 bits per heavy atom. The Morgan fingerprint density at radius 2 is 1.85 bits per heavy atom. The molecule has 1 aromatic carbocycles. The third-order valence-electron chi connectivity index (χ3n) is 5.22. The van der Waals surface area contributed by atoms with Gasteiger partial charge in [-0.1, -0.05) is 30.7 Å². The third kappa shape index (κ3) is 3.75. The van der Waals surface area contributed by atoms with Crippen LogP contribution in [-0.4, -0.2) is 40.0 Å². The molecule has 1 N–H and O–H groups in total. The van der Waals surface area contributed by atoms with E-state index in [1.807, 2.05) is 0 Å². The van der Waals surface area contributed by atoms with Gasteiger partial charge >= 0.3 is 0 Å². The zero-order valence-electron chi connectivity index (χ0n) is 17.1. The van der Waals surface area contributed by atoms with Crippen molar-refractivity contribution in [2.75, 3.05) is 18.4 Å². The smallest absolute Gasteiger partial charge is 0.137 e. The van der Waals surface area contributed by atoms with Gasteiger partial charge in [0, 0.05) is 43.6 Å². The van der Waals surface area contributed by atoms with Gasteiger partial charge in [0.05, 0.1) is 5.69 Å². The van der Waals surface area contributed by atoms with E-state index in [4.69, 9.17) is 9.97 Å². The highest BCUT2D eigenvalue weighted by Gasteiger charge is 2.25. The summed E-state index contributed by atoms with van der Waals surface area (Å²) in [5.41, 5.74) is 6.35. The molecular weight excluding hydrogens is 320 g/mol. The molecule has 0 unspecified atom stereocenters. The van der Waals surface area contributed by atoms with E-state index < -0.39 is 0 Å². The van der Waals surface area contributed by atoms with Crippen molar-refractivity contribution in [3.63, 3.8) is 0 Å². The maximum Gasteiger partial charge on any atom is 0.137 e. The normalized spacial score (nSPS) is 12.8. The molecule has 1 aliphatic carbocycles. The number of anilines is 1. The molecule has 2 aromatic rings. The fraction of sp³-hybridized carbons (Fsp3) is 0.545. The number of nitrogens with zero attached hydrogens (tertiary/aromatic N) is 3. The summed E-state index contributed by atoms with van der Waals surface area (Å²) in [6.07, 6.45) is 1.78. The van der Waals surface area contributed by atoms with Crippen molar-refractivity contribution < 1.29 is 0 Å². The zero-order valence-corrected chi connectivity index (χ0v) is 17.1. The van der Waals surface area contributed by atoms with Crippen LogP contribution in [0.1, 0.15) is 57.3 Å². The monoisotopic (exact) mass is 352 g/mol. The van der Waals surface area contributed by atoms with Crippen LogP contribution in [-0.2, 0) is 12.8 Å². The second-order valence-corrected chi connectivity index (χ2v) is 7.85. The average molecular weight is 353 g/mol. The van der Waals surface area contributed by atoms with Crippen molar-refractivity contribution >= 4 is 5.82 Å². The number of nitrogens with one attached hydrogen (secondary N) is 1. The summed E-state index contributed by atoms with van der Waals surface area (Å²) in [6.45, 7) is 15.2. The fourth-order valence-corrected chi connectivity index (χ4v) is 3.96. The molecule has 0 fully saturated rings. The van der Waals surface area contributed by atoms with Crippen LogP contribution >= 0.6 is 0 Å². The Morgan fingerprint density at radius 3 is 2.50 bits per heavy atom. The Labute approximate surface area is 158 Å². The van der Waals surface area contributed by atoms with Crippen molar-refractivity contribution in [2.45, 2.75) is 66.5 Å². The first-order valence-electron chi connectivity index (χ1n) is 9.90. The van der Waals surface area contributed by atoms with Gasteiger partial charge < -0.3 is 5.32 Å². The summed E-state index contributed by atoms with van der Waals surface area (Å²) in [4.78, 5) is 12.2. The minimum Gasteiger partial charge on any atom is -0.368 e. The summed E-state index contributed by atoms with van der Waals surface area (Å²) in [7, 11) is 0. The number of hydrogen-bond donors (Lipinski definition) is 1. The van der Waals surface area contributed by atoms with Crippen molar-refractivity contribution in [3.05, 3.63) is 40.8 Å². The molecule has 0 aliphatic heterocycles. The molecule has 4 nitrogen and oxygen atoms in total. The lowest BCUT2D eigenvalue weighted by atomic mass is 10.0. The van der Waals surface area contributed by atoms with E-state index in [1.165, 1.54) is 27.9 Å². The molecule has 0 spiro atoms. The van der Waals surface area contributed by atoms with E-state index in [-0.39, 0.29) is 0 Å². The largest absolute Gasteiger partial charge is 0.368 e. The van der Waals surface area contributed by atoms with E-state index >= 15 is 0 Å². The van der Waals surface area contributed by atoms with Crippen LogP contribution in [0.4, 0.5) is 5.82 Å². The number of aryl methyl sites for hydroxylation is 2. The van der Waals surface area contributed by atoms with E-state index in [2.05, 4.69) is 70.0 Å². The number of hydrogen-bond acceptors (Lipinski definition) is 4. The molecular formula is C22H32N4. The minimum absolute atomic E-state index is 0.544.